The molecule has 108 valence electrons. The highest BCUT2D eigenvalue weighted by Gasteiger charge is 2.10. The molecule has 0 radical (unpaired) electrons. The molecule has 6 heteroatoms. The molecule has 4 nitrogen and oxygen atoms in total. The van der Waals surface area contributed by atoms with Gasteiger partial charge in [-0.3, -0.25) is 9.79 Å². The number of benzene rings is 2. The molecule has 0 aliphatic heterocycles. The molecule has 0 heterocycles. The second-order valence-electron chi connectivity index (χ2n) is 4.31. The standard InChI is InChI=1S/C15H11Cl2NO3/c1-8(19)11-3-2-4-13(15(11)21)18-7-9-5-10(16)6-12(17)14(9)20/h2-7,20-21H,1H3. The van der Waals surface area contributed by atoms with Crippen LogP contribution in [0.5, 0.6) is 11.5 Å². The van der Waals surface area contributed by atoms with E-state index in [1.165, 1.54) is 31.3 Å². The third-order valence-electron chi connectivity index (χ3n) is 2.79. The number of phenols is 2. The van der Waals surface area contributed by atoms with Crippen LogP contribution < -0.4 is 0 Å². The number of nitrogens with zero attached hydrogens (tertiary/aromatic N) is 1. The summed E-state index contributed by atoms with van der Waals surface area (Å²) in [6, 6.07) is 7.54. The number of halogens is 2. The van der Waals surface area contributed by atoms with Crippen molar-refractivity contribution in [3.8, 4) is 11.5 Å². The quantitative estimate of drug-likeness (QED) is 0.651. The Labute approximate surface area is 131 Å². The number of para-hydroxylation sites is 1. The van der Waals surface area contributed by atoms with Crippen molar-refractivity contribution in [2.45, 2.75) is 6.92 Å². The molecule has 0 fully saturated rings. The monoisotopic (exact) mass is 323 g/mol. The number of hydrogen-bond acceptors (Lipinski definition) is 4. The molecule has 0 saturated carbocycles. The predicted octanol–water partition coefficient (Wildman–Crippen LogP) is 4.36. The van der Waals surface area contributed by atoms with Crippen LogP contribution >= 0.6 is 23.2 Å². The largest absolute Gasteiger partial charge is 0.506 e. The van der Waals surface area contributed by atoms with Crippen LogP contribution in [0.4, 0.5) is 5.69 Å². The molecule has 0 amide bonds. The number of carbonyl (C=O) groups is 1. The molecular weight excluding hydrogens is 313 g/mol. The van der Waals surface area contributed by atoms with Crippen molar-refractivity contribution in [3.05, 3.63) is 51.5 Å². The minimum Gasteiger partial charge on any atom is -0.506 e. The van der Waals surface area contributed by atoms with E-state index in [0.717, 1.165) is 0 Å². The predicted molar refractivity (Wildman–Crippen MR) is 83.5 cm³/mol. The first kappa shape index (κ1) is 15.4. The van der Waals surface area contributed by atoms with Gasteiger partial charge in [0.05, 0.1) is 10.6 Å². The van der Waals surface area contributed by atoms with Crippen LogP contribution in [0.2, 0.25) is 10.0 Å². The van der Waals surface area contributed by atoms with Gasteiger partial charge < -0.3 is 10.2 Å². The summed E-state index contributed by atoms with van der Waals surface area (Å²) in [6.45, 7) is 1.35. The van der Waals surface area contributed by atoms with E-state index in [1.54, 1.807) is 12.1 Å². The Morgan fingerprint density at radius 1 is 1.19 bits per heavy atom. The maximum Gasteiger partial charge on any atom is 0.163 e. The normalized spacial score (nSPS) is 11.0. The lowest BCUT2D eigenvalue weighted by Gasteiger charge is -2.05. The maximum absolute atomic E-state index is 11.3. The molecular formula is C15H11Cl2NO3. The molecule has 21 heavy (non-hydrogen) atoms. The summed E-state index contributed by atoms with van der Waals surface area (Å²) in [5, 5.41) is 20.2. The SMILES string of the molecule is CC(=O)c1cccc(N=Cc2cc(Cl)cc(Cl)c2O)c1O. The smallest absolute Gasteiger partial charge is 0.163 e. The fraction of sp³-hybridized carbons (Fsp3) is 0.0667. The van der Waals surface area contributed by atoms with E-state index in [1.807, 2.05) is 0 Å². The zero-order chi connectivity index (χ0) is 15.6. The first-order chi connectivity index (χ1) is 9.90. The molecule has 2 aromatic rings. The van der Waals surface area contributed by atoms with Crippen LogP contribution in [0.25, 0.3) is 0 Å². The zero-order valence-corrected chi connectivity index (χ0v) is 12.5. The fourth-order valence-corrected chi connectivity index (χ4v) is 2.25. The van der Waals surface area contributed by atoms with E-state index in [4.69, 9.17) is 23.2 Å². The molecule has 0 aromatic heterocycles. The lowest BCUT2D eigenvalue weighted by Crippen LogP contribution is -1.92. The average Bonchev–Trinajstić information content (AvgIpc) is 2.42. The van der Waals surface area contributed by atoms with E-state index in [0.29, 0.717) is 10.6 Å². The van der Waals surface area contributed by atoms with E-state index < -0.39 is 0 Å². The van der Waals surface area contributed by atoms with Gasteiger partial charge in [-0.05, 0) is 31.2 Å². The van der Waals surface area contributed by atoms with Crippen LogP contribution in [0.15, 0.2) is 35.3 Å². The molecule has 0 spiro atoms. The Hall–Kier alpha value is -2.04. The van der Waals surface area contributed by atoms with Crippen molar-refractivity contribution in [2.75, 3.05) is 0 Å². The second-order valence-corrected chi connectivity index (χ2v) is 5.16. The van der Waals surface area contributed by atoms with Gasteiger partial charge in [0, 0.05) is 16.8 Å². The van der Waals surface area contributed by atoms with Gasteiger partial charge in [0.15, 0.2) is 11.5 Å². The van der Waals surface area contributed by atoms with Gasteiger partial charge in [-0.2, -0.15) is 0 Å². The first-order valence-electron chi connectivity index (χ1n) is 5.95. The number of carbonyl (C=O) groups excluding carboxylic acids is 1. The molecule has 0 aliphatic rings. The molecule has 0 aliphatic carbocycles. The van der Waals surface area contributed by atoms with Crippen molar-refractivity contribution in [3.63, 3.8) is 0 Å². The van der Waals surface area contributed by atoms with Gasteiger partial charge in [-0.25, -0.2) is 0 Å². The first-order valence-corrected chi connectivity index (χ1v) is 6.70. The van der Waals surface area contributed by atoms with Gasteiger partial charge in [0.25, 0.3) is 0 Å². The van der Waals surface area contributed by atoms with E-state index >= 15 is 0 Å². The highest BCUT2D eigenvalue weighted by molar-refractivity contribution is 6.36. The summed E-state index contributed by atoms with van der Waals surface area (Å²) in [4.78, 5) is 15.4. The summed E-state index contributed by atoms with van der Waals surface area (Å²) in [5.74, 6) is -0.640. The Morgan fingerprint density at radius 3 is 2.57 bits per heavy atom. The summed E-state index contributed by atoms with van der Waals surface area (Å²) >= 11 is 11.7. The zero-order valence-electron chi connectivity index (χ0n) is 11.0. The van der Waals surface area contributed by atoms with Crippen molar-refractivity contribution in [1.29, 1.82) is 0 Å². The second kappa shape index (κ2) is 6.16. The van der Waals surface area contributed by atoms with Gasteiger partial charge in [0.1, 0.15) is 11.4 Å². The van der Waals surface area contributed by atoms with Gasteiger partial charge >= 0.3 is 0 Å². The summed E-state index contributed by atoms with van der Waals surface area (Å²) < 4.78 is 0. The number of ketones is 1. The minimum atomic E-state index is -0.266. The molecule has 2 aromatic carbocycles. The lowest BCUT2D eigenvalue weighted by atomic mass is 10.1. The van der Waals surface area contributed by atoms with E-state index in [9.17, 15) is 15.0 Å². The van der Waals surface area contributed by atoms with Gasteiger partial charge in [-0.1, -0.05) is 29.3 Å². The van der Waals surface area contributed by atoms with E-state index in [-0.39, 0.29) is 33.6 Å². The van der Waals surface area contributed by atoms with Crippen LogP contribution in [0.1, 0.15) is 22.8 Å². The van der Waals surface area contributed by atoms with Crippen LogP contribution in [0, 0.1) is 0 Å². The average molecular weight is 324 g/mol. The van der Waals surface area contributed by atoms with Crippen molar-refractivity contribution >= 4 is 40.9 Å². The highest BCUT2D eigenvalue weighted by atomic mass is 35.5. The van der Waals surface area contributed by atoms with Crippen LogP contribution in [-0.2, 0) is 0 Å². The molecule has 2 N–H and O–H groups in total. The van der Waals surface area contributed by atoms with E-state index in [2.05, 4.69) is 4.99 Å². The molecule has 0 bridgehead atoms. The van der Waals surface area contributed by atoms with Crippen LogP contribution in [0.3, 0.4) is 0 Å². The van der Waals surface area contributed by atoms with Crippen LogP contribution in [-0.4, -0.2) is 22.2 Å². The maximum atomic E-state index is 11.3. The molecule has 0 atom stereocenters. The number of rotatable bonds is 3. The van der Waals surface area contributed by atoms with Crippen molar-refractivity contribution in [2.24, 2.45) is 4.99 Å². The number of aromatic hydroxyl groups is 2. The molecule has 0 saturated heterocycles. The summed E-state index contributed by atoms with van der Waals surface area (Å²) in [7, 11) is 0. The lowest BCUT2D eigenvalue weighted by molar-refractivity contribution is 0.101. The Kier molecular flexibility index (Phi) is 4.50. The minimum absolute atomic E-state index is 0.102. The Morgan fingerprint density at radius 2 is 1.90 bits per heavy atom. The number of hydrogen-bond donors (Lipinski definition) is 2. The Balaban J connectivity index is 2.43. The number of aliphatic imine (C=N–C) groups is 1. The van der Waals surface area contributed by atoms with Crippen molar-refractivity contribution < 1.29 is 15.0 Å². The topological polar surface area (TPSA) is 69.9 Å². The Bertz CT molecular complexity index is 742. The highest BCUT2D eigenvalue weighted by Crippen LogP contribution is 2.33. The fourth-order valence-electron chi connectivity index (χ4n) is 1.74. The summed E-state index contributed by atoms with van der Waals surface area (Å²) in [6.07, 6.45) is 1.31. The number of phenolic OH excluding ortho intramolecular Hbond substituents is 2. The van der Waals surface area contributed by atoms with Gasteiger partial charge in [-0.15, -0.1) is 0 Å². The molecule has 0 unspecified atom stereocenters. The van der Waals surface area contributed by atoms with Gasteiger partial charge in [0.2, 0.25) is 0 Å². The third kappa shape index (κ3) is 3.35. The number of Topliss-reactive ketones (excluding diaryl/α,β-unsaturated/α-hetero) is 1. The summed E-state index contributed by atoms with van der Waals surface area (Å²) in [5.41, 5.74) is 0.691. The third-order valence-corrected chi connectivity index (χ3v) is 3.30. The molecule has 2 rings (SSSR count). The van der Waals surface area contributed by atoms with Crippen molar-refractivity contribution in [1.82, 2.24) is 0 Å².